The van der Waals surface area contributed by atoms with Crippen LogP contribution in [0.5, 0.6) is 5.75 Å². The van der Waals surface area contributed by atoms with Crippen molar-refractivity contribution in [2.75, 3.05) is 38.2 Å². The Morgan fingerprint density at radius 1 is 1.22 bits per heavy atom. The van der Waals surface area contributed by atoms with Gasteiger partial charge < -0.3 is 19.9 Å². The van der Waals surface area contributed by atoms with Crippen LogP contribution in [0.3, 0.4) is 0 Å². The van der Waals surface area contributed by atoms with Crippen molar-refractivity contribution in [3.8, 4) is 5.75 Å². The normalized spacial score (nSPS) is 19.7. The summed E-state index contributed by atoms with van der Waals surface area (Å²) in [5, 5.41) is 5.45. The van der Waals surface area contributed by atoms with Crippen molar-refractivity contribution < 1.29 is 19.1 Å². The van der Waals surface area contributed by atoms with Gasteiger partial charge in [0.15, 0.2) is 0 Å². The zero-order chi connectivity index (χ0) is 19.6. The van der Waals surface area contributed by atoms with Crippen molar-refractivity contribution in [3.05, 3.63) is 22.2 Å². The van der Waals surface area contributed by atoms with Gasteiger partial charge >= 0.3 is 6.03 Å². The fourth-order valence-corrected chi connectivity index (χ4v) is 3.57. The smallest absolute Gasteiger partial charge is 0.322 e. The lowest BCUT2D eigenvalue weighted by Gasteiger charge is -2.36. The predicted molar refractivity (Wildman–Crippen MR) is 102 cm³/mol. The maximum Gasteiger partial charge on any atom is 0.322 e. The molecule has 4 amide bonds. The van der Waals surface area contributed by atoms with Crippen molar-refractivity contribution in [1.82, 2.24) is 15.5 Å². The predicted octanol–water partition coefficient (Wildman–Crippen LogP) is 1.64. The van der Waals surface area contributed by atoms with Gasteiger partial charge in [0.25, 0.3) is 5.91 Å². The molecule has 2 N–H and O–H groups in total. The Labute approximate surface area is 166 Å². The standard InChI is InChI=1S/C17H20Cl2N4O4/c1-27-13-9-10(8-11(18)15(13)19)22-4-6-23(7-5-22)14(24)3-2-12-16(25)21-17(26)20-12/h8-9,12H,2-7H2,1H3,(H2,20,21,25,26)/t12-/m1/s1. The summed E-state index contributed by atoms with van der Waals surface area (Å²) in [6.45, 7) is 2.41. The van der Waals surface area contributed by atoms with E-state index in [-0.39, 0.29) is 18.2 Å². The summed E-state index contributed by atoms with van der Waals surface area (Å²) in [7, 11) is 1.53. The van der Waals surface area contributed by atoms with E-state index in [1.165, 1.54) is 7.11 Å². The minimum Gasteiger partial charge on any atom is -0.495 e. The first kappa shape index (κ1) is 19.6. The van der Waals surface area contributed by atoms with Gasteiger partial charge in [0.2, 0.25) is 5.91 Å². The van der Waals surface area contributed by atoms with E-state index in [2.05, 4.69) is 15.5 Å². The highest BCUT2D eigenvalue weighted by Crippen LogP contribution is 2.36. The lowest BCUT2D eigenvalue weighted by molar-refractivity contribution is -0.131. The zero-order valence-corrected chi connectivity index (χ0v) is 16.3. The number of amides is 4. The molecule has 10 heteroatoms. The molecule has 2 heterocycles. The molecule has 0 radical (unpaired) electrons. The van der Waals surface area contributed by atoms with Crippen LogP contribution >= 0.6 is 23.2 Å². The van der Waals surface area contributed by atoms with Crippen LogP contribution in [0.25, 0.3) is 0 Å². The van der Waals surface area contributed by atoms with Crippen LogP contribution < -0.4 is 20.3 Å². The van der Waals surface area contributed by atoms with Crippen molar-refractivity contribution in [2.45, 2.75) is 18.9 Å². The summed E-state index contributed by atoms with van der Waals surface area (Å²) in [4.78, 5) is 38.9. The highest BCUT2D eigenvalue weighted by molar-refractivity contribution is 6.43. The number of ether oxygens (including phenoxy) is 1. The second-order valence-corrected chi connectivity index (χ2v) is 7.15. The Balaban J connectivity index is 1.53. The van der Waals surface area contributed by atoms with E-state index < -0.39 is 12.1 Å². The molecule has 0 aromatic heterocycles. The van der Waals surface area contributed by atoms with E-state index in [1.807, 2.05) is 6.07 Å². The molecule has 146 valence electrons. The Hall–Kier alpha value is -2.19. The van der Waals surface area contributed by atoms with E-state index in [0.717, 1.165) is 5.69 Å². The molecule has 0 spiro atoms. The van der Waals surface area contributed by atoms with Crippen molar-refractivity contribution in [3.63, 3.8) is 0 Å². The Kier molecular flexibility index (Phi) is 5.96. The van der Waals surface area contributed by atoms with Gasteiger partial charge in [-0.25, -0.2) is 4.79 Å². The number of hydrogen-bond donors (Lipinski definition) is 2. The Bertz CT molecular complexity index is 766. The monoisotopic (exact) mass is 414 g/mol. The second kappa shape index (κ2) is 8.22. The number of carbonyl (C=O) groups excluding carboxylic acids is 3. The van der Waals surface area contributed by atoms with Gasteiger partial charge in [-0.1, -0.05) is 23.2 Å². The van der Waals surface area contributed by atoms with Gasteiger partial charge in [-0.15, -0.1) is 0 Å². The molecular formula is C17H20Cl2N4O4. The van der Waals surface area contributed by atoms with Crippen LogP contribution in [0.15, 0.2) is 12.1 Å². The van der Waals surface area contributed by atoms with E-state index in [9.17, 15) is 14.4 Å². The summed E-state index contributed by atoms with van der Waals surface area (Å²) >= 11 is 12.2. The molecule has 8 nitrogen and oxygen atoms in total. The largest absolute Gasteiger partial charge is 0.495 e. The van der Waals surface area contributed by atoms with Gasteiger partial charge in [0.05, 0.1) is 12.1 Å². The van der Waals surface area contributed by atoms with Crippen LogP contribution in [-0.2, 0) is 9.59 Å². The molecule has 27 heavy (non-hydrogen) atoms. The maximum atomic E-state index is 12.4. The number of anilines is 1. The highest BCUT2D eigenvalue weighted by atomic mass is 35.5. The van der Waals surface area contributed by atoms with Crippen LogP contribution in [-0.4, -0.2) is 62.1 Å². The number of piperazine rings is 1. The minimum absolute atomic E-state index is 0.0321. The molecule has 1 aromatic carbocycles. The van der Waals surface area contributed by atoms with E-state index >= 15 is 0 Å². The number of carbonyl (C=O) groups is 3. The first-order chi connectivity index (χ1) is 12.9. The molecule has 0 saturated carbocycles. The van der Waals surface area contributed by atoms with E-state index in [4.69, 9.17) is 27.9 Å². The molecule has 2 saturated heterocycles. The number of nitrogens with one attached hydrogen (secondary N) is 2. The van der Waals surface area contributed by atoms with Crippen molar-refractivity contribution in [2.24, 2.45) is 0 Å². The van der Waals surface area contributed by atoms with Gasteiger partial charge in [0.1, 0.15) is 16.8 Å². The third-order valence-corrected chi connectivity index (χ3v) is 5.49. The quantitative estimate of drug-likeness (QED) is 0.714. The molecule has 3 rings (SSSR count). The highest BCUT2D eigenvalue weighted by Gasteiger charge is 2.30. The molecule has 0 unspecified atom stereocenters. The zero-order valence-electron chi connectivity index (χ0n) is 14.8. The van der Waals surface area contributed by atoms with Crippen LogP contribution in [0.4, 0.5) is 10.5 Å². The average Bonchev–Trinajstić information content (AvgIpc) is 2.99. The molecule has 0 aliphatic carbocycles. The van der Waals surface area contributed by atoms with Gasteiger partial charge in [-0.05, 0) is 12.5 Å². The van der Waals surface area contributed by atoms with Crippen LogP contribution in [0.1, 0.15) is 12.8 Å². The summed E-state index contributed by atoms with van der Waals surface area (Å²) in [5.41, 5.74) is 0.888. The number of halogens is 2. The third-order valence-electron chi connectivity index (χ3n) is 4.70. The summed E-state index contributed by atoms with van der Waals surface area (Å²) in [6, 6.07) is 2.47. The maximum absolute atomic E-state index is 12.4. The molecule has 2 fully saturated rings. The molecule has 1 aromatic rings. The fourth-order valence-electron chi connectivity index (χ4n) is 3.18. The number of rotatable bonds is 5. The number of hydrogen-bond acceptors (Lipinski definition) is 5. The van der Waals surface area contributed by atoms with Gasteiger partial charge in [0, 0.05) is 44.4 Å². The lowest BCUT2D eigenvalue weighted by Crippen LogP contribution is -2.49. The van der Waals surface area contributed by atoms with Crippen molar-refractivity contribution in [1.29, 1.82) is 0 Å². The van der Waals surface area contributed by atoms with Crippen LogP contribution in [0.2, 0.25) is 10.0 Å². The first-order valence-electron chi connectivity index (χ1n) is 8.56. The van der Waals surface area contributed by atoms with Crippen molar-refractivity contribution >= 4 is 46.7 Å². The number of urea groups is 1. The Morgan fingerprint density at radius 3 is 2.52 bits per heavy atom. The fraction of sp³-hybridized carbons (Fsp3) is 0.471. The summed E-state index contributed by atoms with van der Waals surface area (Å²) in [5.74, 6) is 0.0936. The summed E-state index contributed by atoms with van der Waals surface area (Å²) < 4.78 is 5.24. The second-order valence-electron chi connectivity index (χ2n) is 6.37. The SMILES string of the molecule is COc1cc(N2CCN(C(=O)CC[C@H]3NC(=O)NC3=O)CC2)cc(Cl)c1Cl. The lowest BCUT2D eigenvalue weighted by atomic mass is 10.1. The van der Waals surface area contributed by atoms with Gasteiger partial charge in [-0.3, -0.25) is 14.9 Å². The van der Waals surface area contributed by atoms with E-state index in [1.54, 1.807) is 11.0 Å². The average molecular weight is 415 g/mol. The van der Waals surface area contributed by atoms with Crippen LogP contribution in [0, 0.1) is 0 Å². The topological polar surface area (TPSA) is 91.0 Å². The Morgan fingerprint density at radius 2 is 1.93 bits per heavy atom. The number of nitrogens with zero attached hydrogens (tertiary/aromatic N) is 2. The van der Waals surface area contributed by atoms with E-state index in [0.29, 0.717) is 48.4 Å². The van der Waals surface area contributed by atoms with Gasteiger partial charge in [-0.2, -0.15) is 0 Å². The first-order valence-corrected chi connectivity index (χ1v) is 9.31. The summed E-state index contributed by atoms with van der Waals surface area (Å²) in [6.07, 6.45) is 0.500. The number of benzene rings is 1. The molecule has 0 bridgehead atoms. The number of methoxy groups -OCH3 is 1. The third kappa shape index (κ3) is 4.39. The molecule has 1 atom stereocenters. The molecule has 2 aliphatic rings. The molecule has 2 aliphatic heterocycles. The molecular weight excluding hydrogens is 395 g/mol. The number of imide groups is 1. The minimum atomic E-state index is -0.633.